The molecule has 0 aliphatic carbocycles. The normalized spacial score (nSPS) is 22.5. The van der Waals surface area contributed by atoms with Crippen molar-refractivity contribution in [2.24, 2.45) is 0 Å². The summed E-state index contributed by atoms with van der Waals surface area (Å²) in [6.45, 7) is 3.92. The monoisotopic (exact) mass is 309 g/mol. The minimum absolute atomic E-state index is 0.0176. The molecule has 0 aromatic carbocycles. The number of pyridine rings is 1. The van der Waals surface area contributed by atoms with Crippen LogP contribution in [0, 0.1) is 0 Å². The first-order valence-corrected chi connectivity index (χ1v) is 7.67. The van der Waals surface area contributed by atoms with E-state index in [9.17, 15) is 4.79 Å². The summed E-state index contributed by atoms with van der Waals surface area (Å²) in [5, 5.41) is 0.496. The van der Waals surface area contributed by atoms with Gasteiger partial charge in [0.2, 0.25) is 0 Å². The Hall–Kier alpha value is -1.17. The highest BCUT2D eigenvalue weighted by Crippen LogP contribution is 2.31. The van der Waals surface area contributed by atoms with Crippen molar-refractivity contribution in [2.45, 2.75) is 18.4 Å². The number of carbonyl (C=O) groups is 1. The van der Waals surface area contributed by atoms with E-state index in [1.54, 1.807) is 18.5 Å². The van der Waals surface area contributed by atoms with Crippen molar-refractivity contribution in [3.63, 3.8) is 0 Å². The molecule has 0 radical (unpaired) electrons. The van der Waals surface area contributed by atoms with E-state index in [2.05, 4.69) is 16.9 Å². The van der Waals surface area contributed by atoms with E-state index in [0.717, 1.165) is 45.7 Å². The number of hydrogen-bond acceptors (Lipinski definition) is 4. The molecule has 2 aliphatic heterocycles. The first kappa shape index (κ1) is 14.8. The number of nitrogens with zero attached hydrogens (tertiary/aromatic N) is 3. The van der Waals surface area contributed by atoms with Crippen LogP contribution >= 0.6 is 11.6 Å². The van der Waals surface area contributed by atoms with Crippen LogP contribution in [-0.4, -0.2) is 66.1 Å². The van der Waals surface area contributed by atoms with Crippen LogP contribution in [-0.2, 0) is 4.74 Å². The first-order valence-electron chi connectivity index (χ1n) is 7.30. The summed E-state index contributed by atoms with van der Waals surface area (Å²) in [5.74, 6) is 0.0176. The second-order valence-corrected chi connectivity index (χ2v) is 6.31. The zero-order valence-electron chi connectivity index (χ0n) is 12.2. The average Bonchev–Trinajstić information content (AvgIpc) is 2.50. The molecule has 6 heteroatoms. The molecule has 2 aliphatic rings. The minimum atomic E-state index is 0.0176. The third-order valence-electron chi connectivity index (χ3n) is 4.66. The van der Waals surface area contributed by atoms with E-state index in [0.29, 0.717) is 10.6 Å². The number of ether oxygens (including phenoxy) is 1. The van der Waals surface area contributed by atoms with Gasteiger partial charge in [0, 0.05) is 50.8 Å². The molecule has 21 heavy (non-hydrogen) atoms. The highest BCUT2D eigenvalue weighted by Gasteiger charge is 2.42. The van der Waals surface area contributed by atoms with Gasteiger partial charge in [-0.2, -0.15) is 0 Å². The summed E-state index contributed by atoms with van der Waals surface area (Å²) in [6.07, 6.45) is 5.08. The molecule has 1 amide bonds. The van der Waals surface area contributed by atoms with Crippen LogP contribution in [0.5, 0.6) is 0 Å². The molecule has 5 nitrogen and oxygen atoms in total. The quantitative estimate of drug-likeness (QED) is 0.792. The van der Waals surface area contributed by atoms with Crippen molar-refractivity contribution < 1.29 is 9.53 Å². The minimum Gasteiger partial charge on any atom is -0.381 e. The van der Waals surface area contributed by atoms with Gasteiger partial charge in [-0.15, -0.1) is 0 Å². The Morgan fingerprint density at radius 2 is 2.10 bits per heavy atom. The third kappa shape index (κ3) is 2.91. The standard InChI is InChI=1S/C15H20ClN3O2/c1-18-4-5-19(11-15(18)2-6-21-7-3-15)14(20)12-8-13(16)10-17-9-12/h8-10H,2-7,11H2,1H3. The SMILES string of the molecule is CN1CCN(C(=O)c2cncc(Cl)c2)CC12CCOCC2. The molecule has 0 saturated carbocycles. The lowest BCUT2D eigenvalue weighted by atomic mass is 9.86. The van der Waals surface area contributed by atoms with Gasteiger partial charge in [0.1, 0.15) is 0 Å². The van der Waals surface area contributed by atoms with E-state index in [1.807, 2.05) is 4.90 Å². The fraction of sp³-hybridized carbons (Fsp3) is 0.600. The van der Waals surface area contributed by atoms with Gasteiger partial charge in [0.25, 0.3) is 5.91 Å². The Morgan fingerprint density at radius 3 is 2.81 bits per heavy atom. The number of likely N-dealkylation sites (N-methyl/N-ethyl adjacent to an activating group) is 1. The molecule has 0 bridgehead atoms. The van der Waals surface area contributed by atoms with E-state index in [1.165, 1.54) is 0 Å². The van der Waals surface area contributed by atoms with Gasteiger partial charge in [0.15, 0.2) is 0 Å². The number of carbonyl (C=O) groups excluding carboxylic acids is 1. The first-order chi connectivity index (χ1) is 10.1. The molecule has 0 atom stereocenters. The van der Waals surface area contributed by atoms with Gasteiger partial charge >= 0.3 is 0 Å². The number of piperazine rings is 1. The number of amides is 1. The lowest BCUT2D eigenvalue weighted by Gasteiger charge is -2.51. The van der Waals surface area contributed by atoms with Crippen LogP contribution in [0.25, 0.3) is 0 Å². The Labute approximate surface area is 129 Å². The van der Waals surface area contributed by atoms with Crippen LogP contribution < -0.4 is 0 Å². The fourth-order valence-electron chi connectivity index (χ4n) is 3.24. The summed E-state index contributed by atoms with van der Waals surface area (Å²) in [5.41, 5.74) is 0.618. The zero-order chi connectivity index (χ0) is 14.9. The van der Waals surface area contributed by atoms with Crippen LogP contribution in [0.1, 0.15) is 23.2 Å². The van der Waals surface area contributed by atoms with Gasteiger partial charge < -0.3 is 9.64 Å². The van der Waals surface area contributed by atoms with Crippen molar-refractivity contribution in [1.29, 1.82) is 0 Å². The Morgan fingerprint density at radius 1 is 1.33 bits per heavy atom. The molecular formula is C15H20ClN3O2. The van der Waals surface area contributed by atoms with E-state index < -0.39 is 0 Å². The zero-order valence-corrected chi connectivity index (χ0v) is 13.0. The average molecular weight is 310 g/mol. The van der Waals surface area contributed by atoms with Gasteiger partial charge in [-0.25, -0.2) is 0 Å². The maximum absolute atomic E-state index is 12.7. The van der Waals surface area contributed by atoms with Crippen LogP contribution in [0.2, 0.25) is 5.02 Å². The van der Waals surface area contributed by atoms with Gasteiger partial charge in [0.05, 0.1) is 10.6 Å². The number of hydrogen-bond donors (Lipinski definition) is 0. The summed E-state index contributed by atoms with van der Waals surface area (Å²) >= 11 is 5.94. The van der Waals surface area contributed by atoms with Gasteiger partial charge in [-0.3, -0.25) is 14.7 Å². The lowest BCUT2D eigenvalue weighted by Crippen LogP contribution is -2.63. The number of aromatic nitrogens is 1. The highest BCUT2D eigenvalue weighted by molar-refractivity contribution is 6.30. The molecule has 1 spiro atoms. The topological polar surface area (TPSA) is 45.7 Å². The number of halogens is 1. The van der Waals surface area contributed by atoms with Crippen molar-refractivity contribution in [2.75, 3.05) is 39.9 Å². The van der Waals surface area contributed by atoms with Crippen molar-refractivity contribution in [3.8, 4) is 0 Å². The fourth-order valence-corrected chi connectivity index (χ4v) is 3.41. The van der Waals surface area contributed by atoms with E-state index in [4.69, 9.17) is 16.3 Å². The van der Waals surface area contributed by atoms with Crippen molar-refractivity contribution >= 4 is 17.5 Å². The molecule has 1 aromatic heterocycles. The summed E-state index contributed by atoms with van der Waals surface area (Å²) < 4.78 is 5.48. The summed E-state index contributed by atoms with van der Waals surface area (Å²) in [4.78, 5) is 21.0. The third-order valence-corrected chi connectivity index (χ3v) is 4.87. The molecule has 2 saturated heterocycles. The number of rotatable bonds is 1. The summed E-state index contributed by atoms with van der Waals surface area (Å²) in [6, 6.07) is 1.69. The molecule has 2 fully saturated rings. The van der Waals surface area contributed by atoms with E-state index in [-0.39, 0.29) is 11.4 Å². The smallest absolute Gasteiger partial charge is 0.255 e. The molecular weight excluding hydrogens is 290 g/mol. The van der Waals surface area contributed by atoms with Crippen molar-refractivity contribution in [1.82, 2.24) is 14.8 Å². The van der Waals surface area contributed by atoms with Gasteiger partial charge in [-0.05, 0) is 26.0 Å². The van der Waals surface area contributed by atoms with Crippen LogP contribution in [0.15, 0.2) is 18.5 Å². The largest absolute Gasteiger partial charge is 0.381 e. The van der Waals surface area contributed by atoms with E-state index >= 15 is 0 Å². The maximum Gasteiger partial charge on any atom is 0.255 e. The van der Waals surface area contributed by atoms with Crippen LogP contribution in [0.4, 0.5) is 0 Å². The molecule has 3 heterocycles. The summed E-state index contributed by atoms with van der Waals surface area (Å²) in [7, 11) is 2.15. The maximum atomic E-state index is 12.7. The second-order valence-electron chi connectivity index (χ2n) is 5.88. The lowest BCUT2D eigenvalue weighted by molar-refractivity contribution is -0.0543. The van der Waals surface area contributed by atoms with Crippen molar-refractivity contribution in [3.05, 3.63) is 29.0 Å². The predicted molar refractivity (Wildman–Crippen MR) is 80.6 cm³/mol. The molecule has 0 unspecified atom stereocenters. The second kappa shape index (κ2) is 5.91. The Bertz CT molecular complexity index is 531. The molecule has 0 N–H and O–H groups in total. The predicted octanol–water partition coefficient (Wildman–Crippen LogP) is 1.67. The van der Waals surface area contributed by atoms with Gasteiger partial charge in [-0.1, -0.05) is 11.6 Å². The molecule has 1 aromatic rings. The highest BCUT2D eigenvalue weighted by atomic mass is 35.5. The Kier molecular flexibility index (Phi) is 4.15. The molecule has 114 valence electrons. The Balaban J connectivity index is 1.78. The molecule has 3 rings (SSSR count). The van der Waals surface area contributed by atoms with Crippen LogP contribution in [0.3, 0.4) is 0 Å².